The van der Waals surface area contributed by atoms with Gasteiger partial charge in [-0.15, -0.1) is 11.6 Å². The number of hydrogen-bond acceptors (Lipinski definition) is 3. The third-order valence-electron chi connectivity index (χ3n) is 2.97. The summed E-state index contributed by atoms with van der Waals surface area (Å²) in [4.78, 5) is 26.5. The molecule has 0 aromatic heterocycles. The maximum atomic E-state index is 11.7. The van der Waals surface area contributed by atoms with Crippen molar-refractivity contribution in [2.24, 2.45) is 0 Å². The number of urea groups is 1. The van der Waals surface area contributed by atoms with Gasteiger partial charge >= 0.3 is 6.03 Å². The summed E-state index contributed by atoms with van der Waals surface area (Å²) in [7, 11) is 2.03. The number of nitrogens with one attached hydrogen (secondary N) is 1. The summed E-state index contributed by atoms with van der Waals surface area (Å²) in [5.74, 6) is -0.647. The molecule has 92 valence electrons. The maximum absolute atomic E-state index is 11.7. The molecule has 1 rings (SSSR count). The van der Waals surface area contributed by atoms with Crippen molar-refractivity contribution >= 4 is 23.5 Å². The molecule has 0 aromatic carbocycles. The Bertz CT molecular complexity index is 294. The van der Waals surface area contributed by atoms with Crippen LogP contribution in [-0.2, 0) is 4.79 Å². The van der Waals surface area contributed by atoms with Gasteiger partial charge in [0, 0.05) is 25.2 Å². The number of nitrogens with zero attached hydrogens (tertiary/aromatic N) is 2. The summed E-state index contributed by atoms with van der Waals surface area (Å²) in [6, 6.07) is -0.355. The Morgan fingerprint density at radius 2 is 2.00 bits per heavy atom. The summed E-state index contributed by atoms with van der Waals surface area (Å²) in [6.45, 7) is 6.16. The van der Waals surface area contributed by atoms with Gasteiger partial charge in [0.25, 0.3) is 0 Å². The molecule has 1 heterocycles. The van der Waals surface area contributed by atoms with Crippen LogP contribution in [0.2, 0.25) is 0 Å². The van der Waals surface area contributed by atoms with E-state index in [1.165, 1.54) is 0 Å². The smallest absolute Gasteiger partial charge is 0.321 e. The van der Waals surface area contributed by atoms with Gasteiger partial charge in [0.15, 0.2) is 0 Å². The average molecular weight is 248 g/mol. The molecule has 0 radical (unpaired) electrons. The predicted molar refractivity (Wildman–Crippen MR) is 62.5 cm³/mol. The Labute approximate surface area is 101 Å². The minimum absolute atomic E-state index is 0.0698. The summed E-state index contributed by atoms with van der Waals surface area (Å²) in [5, 5.41) is 2.25. The SMILES string of the molecule is CN1CCN(C(=O)NC(=O)CCl)CC1(C)C. The van der Waals surface area contributed by atoms with Crippen LogP contribution in [0.3, 0.4) is 0 Å². The topological polar surface area (TPSA) is 52.6 Å². The first-order valence-electron chi connectivity index (χ1n) is 5.23. The van der Waals surface area contributed by atoms with E-state index in [9.17, 15) is 9.59 Å². The Balaban J connectivity index is 2.56. The number of hydrogen-bond donors (Lipinski definition) is 1. The third-order valence-corrected chi connectivity index (χ3v) is 3.21. The van der Waals surface area contributed by atoms with Gasteiger partial charge in [-0.3, -0.25) is 15.0 Å². The van der Waals surface area contributed by atoms with Crippen molar-refractivity contribution < 1.29 is 9.59 Å². The second kappa shape index (κ2) is 5.01. The average Bonchev–Trinajstić information content (AvgIpc) is 2.21. The molecule has 16 heavy (non-hydrogen) atoms. The highest BCUT2D eigenvalue weighted by Gasteiger charge is 2.33. The maximum Gasteiger partial charge on any atom is 0.324 e. The number of halogens is 1. The fraction of sp³-hybridized carbons (Fsp3) is 0.800. The highest BCUT2D eigenvalue weighted by atomic mass is 35.5. The summed E-state index contributed by atoms with van der Waals surface area (Å²) in [5.41, 5.74) is -0.0698. The summed E-state index contributed by atoms with van der Waals surface area (Å²) in [6.07, 6.45) is 0. The van der Waals surface area contributed by atoms with E-state index in [2.05, 4.69) is 24.1 Å². The zero-order valence-electron chi connectivity index (χ0n) is 9.92. The minimum atomic E-state index is -0.455. The number of rotatable bonds is 1. The van der Waals surface area contributed by atoms with Gasteiger partial charge in [-0.25, -0.2) is 4.79 Å². The number of piperazine rings is 1. The second-order valence-corrected chi connectivity index (χ2v) is 4.91. The molecule has 0 unspecified atom stereocenters. The normalized spacial score (nSPS) is 20.6. The van der Waals surface area contributed by atoms with E-state index < -0.39 is 5.91 Å². The zero-order chi connectivity index (χ0) is 12.3. The van der Waals surface area contributed by atoms with Crippen molar-refractivity contribution in [2.75, 3.05) is 32.6 Å². The Kier molecular flexibility index (Phi) is 4.15. The van der Waals surface area contributed by atoms with Crippen LogP contribution in [0.25, 0.3) is 0 Å². The molecule has 0 bridgehead atoms. The lowest BCUT2D eigenvalue weighted by molar-refractivity contribution is -0.117. The third kappa shape index (κ3) is 3.09. The Morgan fingerprint density at radius 1 is 1.38 bits per heavy atom. The molecule has 1 aliphatic rings. The number of imide groups is 1. The lowest BCUT2D eigenvalue weighted by Gasteiger charge is -2.45. The van der Waals surface area contributed by atoms with E-state index in [1.54, 1.807) is 4.90 Å². The standard InChI is InChI=1S/C10H18ClN3O2/c1-10(2)7-14(5-4-13(10)3)9(16)12-8(15)6-11/h4-7H2,1-3H3,(H,12,15,16). The van der Waals surface area contributed by atoms with Crippen molar-refractivity contribution in [3.05, 3.63) is 0 Å². The van der Waals surface area contributed by atoms with Crippen LogP contribution < -0.4 is 5.32 Å². The van der Waals surface area contributed by atoms with E-state index in [-0.39, 0.29) is 17.5 Å². The van der Waals surface area contributed by atoms with Crippen LogP contribution in [0, 0.1) is 0 Å². The molecule has 1 N–H and O–H groups in total. The quantitative estimate of drug-likeness (QED) is 0.686. The van der Waals surface area contributed by atoms with E-state index in [1.807, 2.05) is 7.05 Å². The monoisotopic (exact) mass is 247 g/mol. The second-order valence-electron chi connectivity index (χ2n) is 4.64. The molecular formula is C10H18ClN3O2. The molecule has 5 nitrogen and oxygen atoms in total. The molecule has 0 aliphatic carbocycles. The fourth-order valence-corrected chi connectivity index (χ4v) is 1.71. The fourth-order valence-electron chi connectivity index (χ4n) is 1.65. The molecule has 6 heteroatoms. The van der Waals surface area contributed by atoms with Crippen LogP contribution in [0.5, 0.6) is 0 Å². The zero-order valence-corrected chi connectivity index (χ0v) is 10.7. The minimum Gasteiger partial charge on any atom is -0.321 e. The molecule has 1 saturated heterocycles. The van der Waals surface area contributed by atoms with Crippen molar-refractivity contribution in [1.29, 1.82) is 0 Å². The van der Waals surface area contributed by atoms with Crippen LogP contribution in [0.4, 0.5) is 4.79 Å². The Morgan fingerprint density at radius 3 is 2.50 bits per heavy atom. The molecular weight excluding hydrogens is 230 g/mol. The van der Waals surface area contributed by atoms with E-state index in [0.29, 0.717) is 13.1 Å². The van der Waals surface area contributed by atoms with Gasteiger partial charge in [-0.1, -0.05) is 0 Å². The molecule has 3 amide bonds. The number of likely N-dealkylation sites (N-methyl/N-ethyl adjacent to an activating group) is 1. The molecule has 0 spiro atoms. The highest BCUT2D eigenvalue weighted by molar-refractivity contribution is 6.28. The number of carbonyl (C=O) groups is 2. The molecule has 0 saturated carbocycles. The molecule has 0 aromatic rings. The van der Waals surface area contributed by atoms with Crippen LogP contribution in [0.1, 0.15) is 13.8 Å². The van der Waals surface area contributed by atoms with E-state index in [0.717, 1.165) is 6.54 Å². The highest BCUT2D eigenvalue weighted by Crippen LogP contribution is 2.18. The van der Waals surface area contributed by atoms with Gasteiger partial charge in [0.2, 0.25) is 5.91 Å². The van der Waals surface area contributed by atoms with Gasteiger partial charge in [-0.05, 0) is 20.9 Å². The summed E-state index contributed by atoms with van der Waals surface area (Å²) < 4.78 is 0. The Hall–Kier alpha value is -0.810. The van der Waals surface area contributed by atoms with Gasteiger partial charge < -0.3 is 4.90 Å². The van der Waals surface area contributed by atoms with Gasteiger partial charge in [-0.2, -0.15) is 0 Å². The van der Waals surface area contributed by atoms with E-state index >= 15 is 0 Å². The van der Waals surface area contributed by atoms with Crippen LogP contribution >= 0.6 is 11.6 Å². The first kappa shape index (κ1) is 13.3. The predicted octanol–water partition coefficient (Wildman–Crippen LogP) is 0.487. The lowest BCUT2D eigenvalue weighted by Crippen LogP contribution is -2.60. The largest absolute Gasteiger partial charge is 0.324 e. The molecule has 1 aliphatic heterocycles. The number of carbonyl (C=O) groups excluding carboxylic acids is 2. The van der Waals surface area contributed by atoms with E-state index in [4.69, 9.17) is 11.6 Å². The van der Waals surface area contributed by atoms with Crippen molar-refractivity contribution in [2.45, 2.75) is 19.4 Å². The van der Waals surface area contributed by atoms with Crippen LogP contribution in [-0.4, -0.2) is 59.8 Å². The number of amides is 3. The first-order valence-corrected chi connectivity index (χ1v) is 5.76. The number of alkyl halides is 1. The molecule has 0 atom stereocenters. The first-order chi connectivity index (χ1) is 7.36. The molecule has 1 fully saturated rings. The van der Waals surface area contributed by atoms with Crippen molar-refractivity contribution in [1.82, 2.24) is 15.1 Å². The summed E-state index contributed by atoms with van der Waals surface area (Å²) >= 11 is 5.32. The van der Waals surface area contributed by atoms with Gasteiger partial charge in [0.1, 0.15) is 5.88 Å². The van der Waals surface area contributed by atoms with Crippen LogP contribution in [0.15, 0.2) is 0 Å². The van der Waals surface area contributed by atoms with Gasteiger partial charge in [0.05, 0.1) is 0 Å². The van der Waals surface area contributed by atoms with Crippen molar-refractivity contribution in [3.63, 3.8) is 0 Å². The van der Waals surface area contributed by atoms with Crippen molar-refractivity contribution in [3.8, 4) is 0 Å². The lowest BCUT2D eigenvalue weighted by atomic mass is 10.0.